The van der Waals surface area contributed by atoms with Crippen LogP contribution in [0.2, 0.25) is 0 Å². The van der Waals surface area contributed by atoms with Crippen LogP contribution in [-0.4, -0.2) is 22.7 Å². The molecule has 15 heavy (non-hydrogen) atoms. The summed E-state index contributed by atoms with van der Waals surface area (Å²) in [6, 6.07) is 4.15. The van der Waals surface area contributed by atoms with Gasteiger partial charge in [-0.25, -0.2) is 4.79 Å². The van der Waals surface area contributed by atoms with Gasteiger partial charge in [0.2, 0.25) is 0 Å². The number of aliphatic carboxylic acids is 1. The Labute approximate surface area is 85.2 Å². The number of carbonyl (C=O) groups is 2. The molecule has 0 fully saturated rings. The van der Waals surface area contributed by atoms with Crippen molar-refractivity contribution in [3.8, 4) is 11.5 Å². The zero-order valence-electron chi connectivity index (χ0n) is 7.58. The Hall–Kier alpha value is -2.30. The molecule has 78 valence electrons. The third-order valence-corrected chi connectivity index (χ3v) is 1.58. The maximum Gasteiger partial charge on any atom is 0.328 e. The monoisotopic (exact) mass is 208 g/mol. The largest absolute Gasteiger partial charge is 0.504 e. The quantitative estimate of drug-likeness (QED) is 0.570. The van der Waals surface area contributed by atoms with Gasteiger partial charge in [-0.2, -0.15) is 0 Å². The van der Waals surface area contributed by atoms with E-state index in [1.54, 1.807) is 0 Å². The summed E-state index contributed by atoms with van der Waals surface area (Å²) in [4.78, 5) is 20.3. The van der Waals surface area contributed by atoms with Gasteiger partial charge in [-0.3, -0.25) is 4.79 Å². The van der Waals surface area contributed by atoms with Gasteiger partial charge >= 0.3 is 5.97 Å². The van der Waals surface area contributed by atoms with Crippen LogP contribution in [0.3, 0.4) is 0 Å². The highest BCUT2D eigenvalue weighted by Crippen LogP contribution is 2.26. The van der Waals surface area contributed by atoms with Gasteiger partial charge < -0.3 is 14.9 Å². The third-order valence-electron chi connectivity index (χ3n) is 1.58. The minimum absolute atomic E-state index is 0.0162. The van der Waals surface area contributed by atoms with Gasteiger partial charge in [0.15, 0.2) is 11.5 Å². The van der Waals surface area contributed by atoms with Gasteiger partial charge in [-0.05, 0) is 23.8 Å². The molecule has 0 heterocycles. The van der Waals surface area contributed by atoms with Crippen LogP contribution in [0, 0.1) is 0 Å². The maximum atomic E-state index is 10.2. The van der Waals surface area contributed by atoms with E-state index < -0.39 is 5.97 Å². The Morgan fingerprint density at radius 2 is 2.13 bits per heavy atom. The molecule has 0 aliphatic rings. The smallest absolute Gasteiger partial charge is 0.328 e. The summed E-state index contributed by atoms with van der Waals surface area (Å²) in [5, 5.41) is 17.6. The zero-order chi connectivity index (χ0) is 11.3. The fourth-order valence-corrected chi connectivity index (χ4v) is 0.948. The lowest BCUT2D eigenvalue weighted by Gasteiger charge is -2.01. The van der Waals surface area contributed by atoms with Gasteiger partial charge in [-0.1, -0.05) is 6.07 Å². The highest BCUT2D eigenvalue weighted by Gasteiger charge is 2.02. The maximum absolute atomic E-state index is 10.2. The SMILES string of the molecule is O=COc1cc(C=CC(=O)O)ccc1O. The average Bonchev–Trinajstić information content (AvgIpc) is 2.19. The van der Waals surface area contributed by atoms with Crippen molar-refractivity contribution in [3.05, 3.63) is 29.8 Å². The molecule has 0 atom stereocenters. The first-order chi connectivity index (χ1) is 7.13. The Kier molecular flexibility index (Phi) is 3.45. The molecule has 0 spiro atoms. The van der Waals surface area contributed by atoms with Crippen LogP contribution in [0.4, 0.5) is 0 Å². The van der Waals surface area contributed by atoms with E-state index in [0.717, 1.165) is 6.08 Å². The molecular formula is C10H8O5. The van der Waals surface area contributed by atoms with Crippen LogP contribution < -0.4 is 4.74 Å². The molecule has 0 aliphatic heterocycles. The lowest BCUT2D eigenvalue weighted by atomic mass is 10.2. The van der Waals surface area contributed by atoms with E-state index in [2.05, 4.69) is 4.74 Å². The van der Waals surface area contributed by atoms with E-state index in [9.17, 15) is 14.7 Å². The third kappa shape index (κ3) is 3.15. The van der Waals surface area contributed by atoms with Crippen LogP contribution in [-0.2, 0) is 9.59 Å². The summed E-state index contributed by atoms with van der Waals surface area (Å²) in [5.74, 6) is -1.28. The van der Waals surface area contributed by atoms with Crippen LogP contribution in [0.25, 0.3) is 6.08 Å². The highest BCUT2D eigenvalue weighted by atomic mass is 16.5. The lowest BCUT2D eigenvalue weighted by molar-refractivity contribution is -0.131. The normalized spacial score (nSPS) is 10.1. The molecule has 1 aromatic carbocycles. The van der Waals surface area contributed by atoms with E-state index in [1.165, 1.54) is 24.3 Å². The van der Waals surface area contributed by atoms with Crippen molar-refractivity contribution in [1.29, 1.82) is 0 Å². The first-order valence-electron chi connectivity index (χ1n) is 3.98. The molecule has 0 aliphatic carbocycles. The van der Waals surface area contributed by atoms with Crippen molar-refractivity contribution >= 4 is 18.5 Å². The molecule has 5 nitrogen and oxygen atoms in total. The van der Waals surface area contributed by atoms with Gasteiger partial charge in [0, 0.05) is 6.08 Å². The highest BCUT2D eigenvalue weighted by molar-refractivity contribution is 5.85. The summed E-state index contributed by atoms with van der Waals surface area (Å²) < 4.78 is 4.47. The molecule has 0 saturated heterocycles. The predicted octanol–water partition coefficient (Wildman–Crippen LogP) is 1.03. The van der Waals surface area contributed by atoms with Gasteiger partial charge in [0.25, 0.3) is 6.47 Å². The topological polar surface area (TPSA) is 83.8 Å². The van der Waals surface area contributed by atoms with Crippen molar-refractivity contribution < 1.29 is 24.5 Å². The molecular weight excluding hydrogens is 200 g/mol. The van der Waals surface area contributed by atoms with Crippen molar-refractivity contribution in [3.63, 3.8) is 0 Å². The Balaban J connectivity index is 2.96. The summed E-state index contributed by atoms with van der Waals surface area (Å²) in [6.45, 7) is 0.180. The van der Waals surface area contributed by atoms with Crippen LogP contribution >= 0.6 is 0 Å². The number of ether oxygens (including phenoxy) is 1. The van der Waals surface area contributed by atoms with E-state index in [1.807, 2.05) is 0 Å². The van der Waals surface area contributed by atoms with Crippen LogP contribution in [0.1, 0.15) is 5.56 Å². The molecule has 0 radical (unpaired) electrons. The van der Waals surface area contributed by atoms with Crippen LogP contribution in [0.15, 0.2) is 24.3 Å². The van der Waals surface area contributed by atoms with Crippen molar-refractivity contribution in [1.82, 2.24) is 0 Å². The summed E-state index contributed by atoms with van der Waals surface area (Å²) in [6.07, 6.45) is 2.26. The molecule has 5 heteroatoms. The summed E-state index contributed by atoms with van der Waals surface area (Å²) in [7, 11) is 0. The number of carboxylic acids is 1. The lowest BCUT2D eigenvalue weighted by Crippen LogP contribution is -1.90. The Morgan fingerprint density at radius 1 is 1.40 bits per heavy atom. The standard InChI is InChI=1S/C10H8O5/c11-6-15-9-5-7(1-3-8(9)12)2-4-10(13)14/h1-6,12H,(H,13,14). The van der Waals surface area contributed by atoms with Gasteiger partial charge in [0.1, 0.15) is 0 Å². The molecule has 0 aromatic heterocycles. The summed E-state index contributed by atoms with van der Waals surface area (Å²) >= 11 is 0. The Bertz CT molecular complexity index is 408. The molecule has 1 rings (SSSR count). The molecule has 0 amide bonds. The van der Waals surface area contributed by atoms with Crippen LogP contribution in [0.5, 0.6) is 11.5 Å². The first-order valence-corrected chi connectivity index (χ1v) is 3.98. The van der Waals surface area contributed by atoms with Crippen molar-refractivity contribution in [2.24, 2.45) is 0 Å². The molecule has 1 aromatic rings. The van der Waals surface area contributed by atoms with E-state index in [0.29, 0.717) is 5.56 Å². The number of carbonyl (C=O) groups excluding carboxylic acids is 1. The number of hydrogen-bond donors (Lipinski definition) is 2. The number of rotatable bonds is 4. The number of phenolic OH excluding ortho intramolecular Hbond substituents is 1. The summed E-state index contributed by atoms with van der Waals surface area (Å²) in [5.41, 5.74) is 0.507. The fourth-order valence-electron chi connectivity index (χ4n) is 0.948. The Morgan fingerprint density at radius 3 is 2.73 bits per heavy atom. The first kappa shape index (κ1) is 10.8. The number of carboxylic acid groups (broad SMARTS) is 1. The minimum Gasteiger partial charge on any atom is -0.504 e. The minimum atomic E-state index is -1.08. The zero-order valence-corrected chi connectivity index (χ0v) is 7.58. The molecule has 2 N–H and O–H groups in total. The number of aromatic hydroxyl groups is 1. The average molecular weight is 208 g/mol. The number of phenols is 1. The number of hydrogen-bond acceptors (Lipinski definition) is 4. The van der Waals surface area contributed by atoms with Crippen molar-refractivity contribution in [2.75, 3.05) is 0 Å². The second kappa shape index (κ2) is 4.80. The van der Waals surface area contributed by atoms with E-state index >= 15 is 0 Å². The predicted molar refractivity (Wildman–Crippen MR) is 51.5 cm³/mol. The van der Waals surface area contributed by atoms with E-state index in [4.69, 9.17) is 5.11 Å². The molecule has 0 bridgehead atoms. The second-order valence-corrected chi connectivity index (χ2v) is 2.61. The second-order valence-electron chi connectivity index (χ2n) is 2.61. The van der Waals surface area contributed by atoms with E-state index in [-0.39, 0.29) is 18.0 Å². The molecule has 0 saturated carbocycles. The van der Waals surface area contributed by atoms with Gasteiger partial charge in [-0.15, -0.1) is 0 Å². The van der Waals surface area contributed by atoms with Crippen molar-refractivity contribution in [2.45, 2.75) is 0 Å². The molecule has 0 unspecified atom stereocenters. The van der Waals surface area contributed by atoms with Gasteiger partial charge in [0.05, 0.1) is 0 Å². The number of benzene rings is 1. The fraction of sp³-hybridized carbons (Fsp3) is 0.